The number of rotatable bonds is 2. The molecule has 146 valence electrons. The first-order valence-corrected chi connectivity index (χ1v) is 7.72. The minimum atomic E-state index is -4.90. The Morgan fingerprint density at radius 2 is 1.85 bits per heavy atom. The molecule has 2 rings (SSSR count). The van der Waals surface area contributed by atoms with Gasteiger partial charge >= 0.3 is 12.3 Å². The highest BCUT2D eigenvalue weighted by atomic mass is 19.4. The van der Waals surface area contributed by atoms with Crippen molar-refractivity contribution in [1.82, 2.24) is 4.98 Å². The highest BCUT2D eigenvalue weighted by molar-refractivity contribution is 5.88. The number of hydrogen-bond acceptors (Lipinski definition) is 4. The monoisotopic (exact) mass is 387 g/mol. The number of carbonyl (C=O) groups excluding carboxylic acids is 1. The minimum absolute atomic E-state index is 0.125. The molecule has 0 saturated heterocycles. The largest absolute Gasteiger partial charge is 0.619 e. The average Bonchev–Trinajstić information content (AvgIpc) is 2.50. The molecule has 10 heteroatoms. The third kappa shape index (κ3) is 5.05. The van der Waals surface area contributed by atoms with Crippen molar-refractivity contribution in [3.63, 3.8) is 0 Å². The predicted molar refractivity (Wildman–Crippen MR) is 88.2 cm³/mol. The highest BCUT2D eigenvalue weighted by Gasteiger charge is 2.38. The number of alkyl halides is 3. The van der Waals surface area contributed by atoms with E-state index in [1.165, 1.54) is 0 Å². The SMILES string of the molecule is CN(C(=O)OC(C)(C)C)c1ccc(-c2cc(F)c[n+]([O-])c2)nc1C(F)(F)F. The molecular formula is C17H17F4N3O3. The zero-order valence-corrected chi connectivity index (χ0v) is 15.0. The Hall–Kier alpha value is -2.91. The lowest BCUT2D eigenvalue weighted by Gasteiger charge is -2.26. The van der Waals surface area contributed by atoms with Crippen molar-refractivity contribution >= 4 is 11.8 Å². The molecule has 0 saturated carbocycles. The standard InChI is InChI=1S/C17H17F4N3O3/c1-16(2,3)27-15(25)23(4)13-6-5-12(22-14(13)17(19,20)21)10-7-11(18)9-24(26)8-10/h5-9H,1-4H3. The molecule has 2 aromatic rings. The molecule has 0 atom stereocenters. The van der Waals surface area contributed by atoms with Gasteiger partial charge in [0, 0.05) is 7.05 Å². The van der Waals surface area contributed by atoms with E-state index in [4.69, 9.17) is 4.74 Å². The van der Waals surface area contributed by atoms with Crippen LogP contribution in [0.15, 0.2) is 30.6 Å². The molecule has 2 aromatic heterocycles. The number of amides is 1. The number of carbonyl (C=O) groups is 1. The summed E-state index contributed by atoms with van der Waals surface area (Å²) in [4.78, 5) is 16.3. The summed E-state index contributed by atoms with van der Waals surface area (Å²) in [6.07, 6.45) is -4.38. The van der Waals surface area contributed by atoms with Crippen LogP contribution in [-0.4, -0.2) is 23.7 Å². The quantitative estimate of drug-likeness (QED) is 0.445. The van der Waals surface area contributed by atoms with Gasteiger partial charge in [0.05, 0.1) is 16.9 Å². The first-order chi connectivity index (χ1) is 12.3. The zero-order valence-electron chi connectivity index (χ0n) is 15.0. The predicted octanol–water partition coefficient (Wildman–Crippen LogP) is 3.91. The number of nitrogens with zero attached hydrogens (tertiary/aromatic N) is 3. The molecule has 0 aromatic carbocycles. The Bertz CT molecular complexity index is 843. The van der Waals surface area contributed by atoms with Crippen molar-refractivity contribution in [2.75, 3.05) is 11.9 Å². The molecule has 0 aliphatic carbocycles. The molecule has 1 amide bonds. The van der Waals surface area contributed by atoms with Crippen molar-refractivity contribution in [2.24, 2.45) is 0 Å². The van der Waals surface area contributed by atoms with Crippen LogP contribution in [0.2, 0.25) is 0 Å². The van der Waals surface area contributed by atoms with Gasteiger partial charge in [0.25, 0.3) is 0 Å². The third-order valence-electron chi connectivity index (χ3n) is 3.28. The van der Waals surface area contributed by atoms with E-state index in [-0.39, 0.29) is 16.0 Å². The van der Waals surface area contributed by atoms with Crippen molar-refractivity contribution in [2.45, 2.75) is 32.5 Å². The Kier molecular flexibility index (Phi) is 5.30. The fraction of sp³-hybridized carbons (Fsp3) is 0.353. The van der Waals surface area contributed by atoms with Crippen LogP contribution >= 0.6 is 0 Å². The van der Waals surface area contributed by atoms with Gasteiger partial charge in [-0.15, -0.1) is 0 Å². The number of hydrogen-bond donors (Lipinski definition) is 0. The zero-order chi connectivity index (χ0) is 20.6. The second-order valence-electron chi connectivity index (χ2n) is 6.70. The Labute approximate surface area is 152 Å². The molecular weight excluding hydrogens is 370 g/mol. The maximum absolute atomic E-state index is 13.5. The summed E-state index contributed by atoms with van der Waals surface area (Å²) in [5.74, 6) is -0.923. The van der Waals surface area contributed by atoms with E-state index in [0.717, 1.165) is 31.4 Å². The Morgan fingerprint density at radius 3 is 2.37 bits per heavy atom. The van der Waals surface area contributed by atoms with Crippen LogP contribution in [0.3, 0.4) is 0 Å². The van der Waals surface area contributed by atoms with E-state index in [1.807, 2.05) is 0 Å². The van der Waals surface area contributed by atoms with Crippen molar-refractivity contribution in [3.05, 3.63) is 47.3 Å². The van der Waals surface area contributed by atoms with Gasteiger partial charge in [-0.25, -0.2) is 14.2 Å². The molecule has 0 aliphatic heterocycles. The summed E-state index contributed by atoms with van der Waals surface area (Å²) in [7, 11) is 1.12. The van der Waals surface area contributed by atoms with Crippen LogP contribution in [0.25, 0.3) is 11.3 Å². The molecule has 0 radical (unpaired) electrons. The summed E-state index contributed by atoms with van der Waals surface area (Å²) in [5, 5.41) is 11.3. The van der Waals surface area contributed by atoms with Crippen molar-refractivity contribution in [3.8, 4) is 11.3 Å². The van der Waals surface area contributed by atoms with Gasteiger partial charge in [-0.2, -0.15) is 17.9 Å². The lowest BCUT2D eigenvalue weighted by atomic mass is 10.1. The summed E-state index contributed by atoms with van der Waals surface area (Å²) >= 11 is 0. The highest BCUT2D eigenvalue weighted by Crippen LogP contribution is 2.36. The molecule has 0 unspecified atom stereocenters. The number of anilines is 1. The van der Waals surface area contributed by atoms with Crippen molar-refractivity contribution in [1.29, 1.82) is 0 Å². The Morgan fingerprint density at radius 1 is 1.22 bits per heavy atom. The van der Waals surface area contributed by atoms with Crippen molar-refractivity contribution < 1.29 is 31.8 Å². The lowest BCUT2D eigenvalue weighted by Crippen LogP contribution is -2.35. The summed E-state index contributed by atoms with van der Waals surface area (Å²) in [6, 6.07) is 3.05. The maximum Gasteiger partial charge on any atom is 0.435 e. The normalized spacial score (nSPS) is 12.0. The van der Waals surface area contributed by atoms with Crippen LogP contribution < -0.4 is 9.63 Å². The van der Waals surface area contributed by atoms with Crippen LogP contribution in [0.1, 0.15) is 26.5 Å². The fourth-order valence-corrected chi connectivity index (χ4v) is 2.18. The van der Waals surface area contributed by atoms with Gasteiger partial charge < -0.3 is 9.94 Å². The topological polar surface area (TPSA) is 69.4 Å². The molecule has 0 fully saturated rings. The van der Waals surface area contributed by atoms with Gasteiger partial charge in [-0.1, -0.05) is 0 Å². The molecule has 27 heavy (non-hydrogen) atoms. The molecule has 0 N–H and O–H groups in total. The molecule has 2 heterocycles. The number of pyridine rings is 2. The number of ether oxygens (including phenoxy) is 1. The summed E-state index contributed by atoms with van der Waals surface area (Å²) < 4.78 is 59.0. The number of aromatic nitrogens is 2. The van der Waals surface area contributed by atoms with Crippen LogP contribution in [0, 0.1) is 11.0 Å². The Balaban J connectivity index is 2.52. The summed E-state index contributed by atoms with van der Waals surface area (Å²) in [5.41, 5.74) is -3.21. The molecule has 6 nitrogen and oxygen atoms in total. The van der Waals surface area contributed by atoms with Gasteiger partial charge in [0.1, 0.15) is 5.60 Å². The first-order valence-electron chi connectivity index (χ1n) is 7.72. The molecule has 0 spiro atoms. The molecule has 0 aliphatic rings. The smallest absolute Gasteiger partial charge is 0.435 e. The van der Waals surface area contributed by atoms with E-state index < -0.39 is 35.1 Å². The average molecular weight is 387 g/mol. The second-order valence-corrected chi connectivity index (χ2v) is 6.70. The van der Waals surface area contributed by atoms with E-state index in [9.17, 15) is 27.6 Å². The van der Waals surface area contributed by atoms with E-state index >= 15 is 0 Å². The van der Waals surface area contributed by atoms with Gasteiger partial charge in [0.15, 0.2) is 17.7 Å². The van der Waals surface area contributed by atoms with Gasteiger partial charge in [-0.3, -0.25) is 4.90 Å². The van der Waals surface area contributed by atoms with Crippen LogP contribution in [-0.2, 0) is 10.9 Å². The van der Waals surface area contributed by atoms with Crippen LogP contribution in [0.5, 0.6) is 0 Å². The second kappa shape index (κ2) is 7.01. The maximum atomic E-state index is 13.5. The number of halogens is 4. The van der Waals surface area contributed by atoms with E-state index in [0.29, 0.717) is 11.1 Å². The van der Waals surface area contributed by atoms with Gasteiger partial charge in [0.2, 0.25) is 6.20 Å². The fourth-order valence-electron chi connectivity index (χ4n) is 2.18. The molecule has 0 bridgehead atoms. The van der Waals surface area contributed by atoms with Crippen LogP contribution in [0.4, 0.5) is 28.0 Å². The van der Waals surface area contributed by atoms with E-state index in [1.54, 1.807) is 20.8 Å². The van der Waals surface area contributed by atoms with Gasteiger partial charge in [-0.05, 0) is 39.0 Å². The third-order valence-corrected chi connectivity index (χ3v) is 3.28. The summed E-state index contributed by atoms with van der Waals surface area (Å²) in [6.45, 7) is 4.73. The van der Waals surface area contributed by atoms with E-state index in [2.05, 4.69) is 4.98 Å². The minimum Gasteiger partial charge on any atom is -0.619 e. The first kappa shape index (κ1) is 20.4. The lowest BCUT2D eigenvalue weighted by molar-refractivity contribution is -0.606.